The molecule has 4 rings (SSSR count). The van der Waals surface area contributed by atoms with Crippen LogP contribution in [-0.2, 0) is 23.9 Å². The third-order valence-electron chi connectivity index (χ3n) is 5.78. The lowest BCUT2D eigenvalue weighted by Crippen LogP contribution is -2.29. The van der Waals surface area contributed by atoms with E-state index in [1.54, 1.807) is 29.0 Å². The first kappa shape index (κ1) is 24.4. The molecule has 0 saturated heterocycles. The average molecular weight is 493 g/mol. The van der Waals surface area contributed by atoms with Gasteiger partial charge in [-0.25, -0.2) is 4.79 Å². The molecule has 2 aliphatic rings. The Balaban J connectivity index is 1.60. The highest BCUT2D eigenvalue weighted by Crippen LogP contribution is 2.45. The van der Waals surface area contributed by atoms with Crippen LogP contribution >= 0.6 is 11.6 Å². The van der Waals surface area contributed by atoms with Gasteiger partial charge in [0.2, 0.25) is 0 Å². The molecule has 2 aromatic rings. The Hall–Kier alpha value is -3.68. The van der Waals surface area contributed by atoms with Crippen LogP contribution in [0.25, 0.3) is 11.4 Å². The maximum atomic E-state index is 13.7. The summed E-state index contributed by atoms with van der Waals surface area (Å²) in [5.74, 6) is -0.944. The number of halogens is 1. The van der Waals surface area contributed by atoms with Crippen molar-refractivity contribution < 1.29 is 23.9 Å². The van der Waals surface area contributed by atoms with Crippen LogP contribution < -0.4 is 0 Å². The highest BCUT2D eigenvalue weighted by Gasteiger charge is 2.47. The van der Waals surface area contributed by atoms with Crippen LogP contribution in [0.2, 0.25) is 5.02 Å². The summed E-state index contributed by atoms with van der Waals surface area (Å²) >= 11 is 6.09. The fourth-order valence-electron chi connectivity index (χ4n) is 4.20. The first-order valence-electron chi connectivity index (χ1n) is 11.2. The Morgan fingerprint density at radius 1 is 0.914 bits per heavy atom. The van der Waals surface area contributed by atoms with Crippen molar-refractivity contribution in [1.29, 1.82) is 0 Å². The molecule has 2 amide bonds. The molecule has 2 heterocycles. The monoisotopic (exact) mass is 492 g/mol. The maximum Gasteiger partial charge on any atom is 0.330 e. The van der Waals surface area contributed by atoms with Crippen LogP contribution in [0.5, 0.6) is 0 Å². The quantitative estimate of drug-likeness (QED) is 0.285. The molecule has 7 nitrogen and oxygen atoms in total. The maximum absolute atomic E-state index is 13.7. The smallest absolute Gasteiger partial charge is 0.330 e. The fraction of sp³-hybridized carbons (Fsp3) is 0.222. The highest BCUT2D eigenvalue weighted by atomic mass is 35.5. The first-order valence-corrected chi connectivity index (χ1v) is 11.6. The standard InChI is InChI=1S/C27H25ClN2O5/c1-3-21(31)35-17-16-34-15-7-14-30-25(19-10-12-20(28)13-11-19)23-22(27(30)33)24(29(2)26(23)32)18-8-5-4-6-9-18/h3-6,8-13H,1,7,14-17H2,2H3. The average Bonchev–Trinajstić information content (AvgIpc) is 3.30. The van der Waals surface area contributed by atoms with Crippen molar-refractivity contribution in [2.45, 2.75) is 6.42 Å². The van der Waals surface area contributed by atoms with Gasteiger partial charge in [0, 0.05) is 31.3 Å². The number of amides is 2. The molecule has 0 radical (unpaired) electrons. The minimum Gasteiger partial charge on any atom is -0.460 e. The molecular formula is C27H25ClN2O5. The van der Waals surface area contributed by atoms with E-state index in [2.05, 4.69) is 6.58 Å². The molecule has 0 atom stereocenters. The van der Waals surface area contributed by atoms with E-state index in [1.807, 2.05) is 42.5 Å². The number of carbonyl (C=O) groups excluding carboxylic acids is 3. The molecule has 180 valence electrons. The summed E-state index contributed by atoms with van der Waals surface area (Å²) in [4.78, 5) is 41.4. The van der Waals surface area contributed by atoms with Gasteiger partial charge in [0.15, 0.2) is 0 Å². The van der Waals surface area contributed by atoms with Crippen molar-refractivity contribution in [3.8, 4) is 0 Å². The van der Waals surface area contributed by atoms with E-state index in [0.29, 0.717) is 47.1 Å². The van der Waals surface area contributed by atoms with Gasteiger partial charge >= 0.3 is 5.97 Å². The minimum absolute atomic E-state index is 0.127. The second-order valence-electron chi connectivity index (χ2n) is 7.98. The zero-order valence-corrected chi connectivity index (χ0v) is 20.1. The van der Waals surface area contributed by atoms with E-state index in [9.17, 15) is 14.4 Å². The van der Waals surface area contributed by atoms with Crippen LogP contribution in [0.15, 0.2) is 78.4 Å². The number of likely N-dealkylation sites (N-methyl/N-ethyl adjacent to an activating group) is 1. The summed E-state index contributed by atoms with van der Waals surface area (Å²) in [6.07, 6.45) is 1.63. The van der Waals surface area contributed by atoms with Gasteiger partial charge < -0.3 is 19.3 Å². The Kier molecular flexibility index (Phi) is 7.48. The molecule has 8 heteroatoms. The Bertz CT molecular complexity index is 1220. The van der Waals surface area contributed by atoms with Gasteiger partial charge in [-0.3, -0.25) is 9.59 Å². The lowest BCUT2D eigenvalue weighted by molar-refractivity contribution is -0.139. The Morgan fingerprint density at radius 3 is 2.26 bits per heavy atom. The number of carbonyl (C=O) groups is 3. The largest absolute Gasteiger partial charge is 0.460 e. The SMILES string of the molecule is C=CC(=O)OCCOCCCN1C(=O)C2=C(c3ccccc3)N(C)C(=O)C2=C1c1ccc(Cl)cc1. The van der Waals surface area contributed by atoms with Crippen LogP contribution in [-0.4, -0.2) is 61.0 Å². The van der Waals surface area contributed by atoms with E-state index in [1.165, 1.54) is 0 Å². The van der Waals surface area contributed by atoms with Gasteiger partial charge in [-0.15, -0.1) is 0 Å². The summed E-state index contributed by atoms with van der Waals surface area (Å²) in [7, 11) is 1.69. The van der Waals surface area contributed by atoms with Gasteiger partial charge in [-0.05, 0) is 29.7 Å². The molecule has 0 bridgehead atoms. The molecule has 2 aromatic carbocycles. The predicted molar refractivity (Wildman–Crippen MR) is 133 cm³/mol. The molecule has 0 saturated carbocycles. The van der Waals surface area contributed by atoms with Gasteiger partial charge in [-0.2, -0.15) is 0 Å². The topological polar surface area (TPSA) is 76.2 Å². The van der Waals surface area contributed by atoms with Gasteiger partial charge in [-0.1, -0.05) is 60.6 Å². The van der Waals surface area contributed by atoms with Crippen molar-refractivity contribution >= 4 is 40.8 Å². The van der Waals surface area contributed by atoms with Gasteiger partial charge in [0.25, 0.3) is 11.8 Å². The number of rotatable bonds is 10. The fourth-order valence-corrected chi connectivity index (χ4v) is 4.33. The highest BCUT2D eigenvalue weighted by molar-refractivity contribution is 6.31. The molecule has 0 spiro atoms. The number of esters is 1. The van der Waals surface area contributed by atoms with Crippen molar-refractivity contribution in [2.24, 2.45) is 0 Å². The number of hydrogen-bond donors (Lipinski definition) is 0. The molecule has 0 N–H and O–H groups in total. The minimum atomic E-state index is -0.501. The normalized spacial score (nSPS) is 15.3. The van der Waals surface area contributed by atoms with E-state index in [4.69, 9.17) is 21.1 Å². The number of fused-ring (bicyclic) bond motifs is 1. The summed E-state index contributed by atoms with van der Waals surface area (Å²) in [5, 5.41) is 0.566. The van der Waals surface area contributed by atoms with E-state index < -0.39 is 5.97 Å². The van der Waals surface area contributed by atoms with Crippen LogP contribution in [0.4, 0.5) is 0 Å². The van der Waals surface area contributed by atoms with Gasteiger partial charge in [0.05, 0.1) is 29.1 Å². The number of hydrogen-bond acceptors (Lipinski definition) is 5. The third kappa shape index (κ3) is 4.92. The number of ether oxygens (including phenoxy) is 2. The van der Waals surface area contributed by atoms with Gasteiger partial charge in [0.1, 0.15) is 6.61 Å². The van der Waals surface area contributed by atoms with Crippen LogP contribution in [0.1, 0.15) is 17.5 Å². The molecular weight excluding hydrogens is 468 g/mol. The summed E-state index contributed by atoms with van der Waals surface area (Å²) < 4.78 is 10.4. The van der Waals surface area contributed by atoms with Crippen LogP contribution in [0, 0.1) is 0 Å². The first-order chi connectivity index (χ1) is 16.9. The zero-order chi connectivity index (χ0) is 24.9. The van der Waals surface area contributed by atoms with Crippen molar-refractivity contribution in [2.75, 3.05) is 33.4 Å². The lowest BCUT2D eigenvalue weighted by atomic mass is 10.0. The van der Waals surface area contributed by atoms with Crippen LogP contribution in [0.3, 0.4) is 0 Å². The molecule has 2 aliphatic heterocycles. The van der Waals surface area contributed by atoms with E-state index >= 15 is 0 Å². The second kappa shape index (κ2) is 10.7. The summed E-state index contributed by atoms with van der Waals surface area (Å²) in [5.41, 5.74) is 3.52. The Morgan fingerprint density at radius 2 is 1.57 bits per heavy atom. The number of nitrogens with zero attached hydrogens (tertiary/aromatic N) is 2. The van der Waals surface area contributed by atoms with E-state index in [-0.39, 0.29) is 25.0 Å². The molecule has 0 aliphatic carbocycles. The molecule has 0 aromatic heterocycles. The number of benzene rings is 2. The predicted octanol–water partition coefficient (Wildman–Crippen LogP) is 3.91. The Labute approximate surface area is 208 Å². The van der Waals surface area contributed by atoms with Crippen molar-refractivity contribution in [3.05, 3.63) is 94.5 Å². The molecule has 35 heavy (non-hydrogen) atoms. The zero-order valence-electron chi connectivity index (χ0n) is 19.3. The van der Waals surface area contributed by atoms with Crippen molar-refractivity contribution in [1.82, 2.24) is 9.80 Å². The second-order valence-corrected chi connectivity index (χ2v) is 8.42. The molecule has 0 unspecified atom stereocenters. The lowest BCUT2D eigenvalue weighted by Gasteiger charge is -2.23. The molecule has 0 fully saturated rings. The third-order valence-corrected chi connectivity index (χ3v) is 6.03. The van der Waals surface area contributed by atoms with Crippen molar-refractivity contribution in [3.63, 3.8) is 0 Å². The van der Waals surface area contributed by atoms with E-state index in [0.717, 1.165) is 17.2 Å². The summed E-state index contributed by atoms with van der Waals surface area (Å²) in [6, 6.07) is 16.5. The summed E-state index contributed by atoms with van der Waals surface area (Å²) in [6.45, 7) is 4.42.